The zero-order valence-corrected chi connectivity index (χ0v) is 17.0. The molecule has 0 aromatic heterocycles. The average molecular weight is 451 g/mol. The van der Waals surface area contributed by atoms with E-state index in [1.54, 1.807) is 19.2 Å². The van der Waals surface area contributed by atoms with Gasteiger partial charge in [-0.25, -0.2) is 4.39 Å². The van der Waals surface area contributed by atoms with Crippen LogP contribution in [0.2, 0.25) is 5.02 Å². The van der Waals surface area contributed by atoms with Crippen LogP contribution in [0.4, 0.5) is 10.1 Å². The second kappa shape index (κ2) is 9.11. The molecular weight excluding hydrogens is 433 g/mol. The lowest BCUT2D eigenvalue weighted by atomic mass is 10.2. The number of ether oxygens (including phenoxy) is 2. The van der Waals surface area contributed by atoms with Crippen molar-refractivity contribution in [1.29, 1.82) is 0 Å². The molecule has 0 bridgehead atoms. The molecule has 0 radical (unpaired) electrons. The first-order valence-electron chi connectivity index (χ1n) is 8.28. The SMILES string of the molecule is COc1cc(CNc2ccc(Br)c(Cl)c2)ccc1OCc1ccc(F)cc1. The lowest BCUT2D eigenvalue weighted by molar-refractivity contribution is 0.284. The lowest BCUT2D eigenvalue weighted by Crippen LogP contribution is -2.02. The number of hydrogen-bond acceptors (Lipinski definition) is 3. The van der Waals surface area contributed by atoms with Gasteiger partial charge < -0.3 is 14.8 Å². The second-order valence-electron chi connectivity index (χ2n) is 5.88. The van der Waals surface area contributed by atoms with Crippen LogP contribution in [0.25, 0.3) is 0 Å². The third-order valence-electron chi connectivity index (χ3n) is 3.95. The molecule has 0 aliphatic rings. The van der Waals surface area contributed by atoms with Crippen molar-refractivity contribution >= 4 is 33.2 Å². The van der Waals surface area contributed by atoms with Crippen LogP contribution in [-0.4, -0.2) is 7.11 Å². The van der Waals surface area contributed by atoms with Gasteiger partial charge in [-0.05, 0) is 69.5 Å². The predicted octanol–water partition coefficient (Wildman–Crippen LogP) is 6.44. The molecular formula is C21H18BrClFNO2. The highest BCUT2D eigenvalue weighted by Gasteiger charge is 2.07. The Morgan fingerprint density at radius 3 is 2.41 bits per heavy atom. The van der Waals surface area contributed by atoms with Crippen LogP contribution in [0, 0.1) is 5.82 Å². The second-order valence-corrected chi connectivity index (χ2v) is 7.14. The van der Waals surface area contributed by atoms with Gasteiger partial charge in [0.05, 0.1) is 12.1 Å². The fraction of sp³-hybridized carbons (Fsp3) is 0.143. The van der Waals surface area contributed by atoms with Crippen molar-refractivity contribution in [3.63, 3.8) is 0 Å². The van der Waals surface area contributed by atoms with Crippen molar-refractivity contribution < 1.29 is 13.9 Å². The molecule has 3 nitrogen and oxygen atoms in total. The van der Waals surface area contributed by atoms with Crippen LogP contribution in [0.1, 0.15) is 11.1 Å². The van der Waals surface area contributed by atoms with Crippen molar-refractivity contribution in [2.45, 2.75) is 13.2 Å². The summed E-state index contributed by atoms with van der Waals surface area (Å²) in [4.78, 5) is 0. The quantitative estimate of drug-likeness (QED) is 0.449. The van der Waals surface area contributed by atoms with Gasteiger partial charge in [0.15, 0.2) is 11.5 Å². The fourth-order valence-corrected chi connectivity index (χ4v) is 2.92. The van der Waals surface area contributed by atoms with E-state index in [0.29, 0.717) is 29.7 Å². The lowest BCUT2D eigenvalue weighted by Gasteiger charge is -2.13. The number of nitrogens with one attached hydrogen (secondary N) is 1. The summed E-state index contributed by atoms with van der Waals surface area (Å²) in [6.45, 7) is 0.957. The van der Waals surface area contributed by atoms with Gasteiger partial charge in [-0.1, -0.05) is 29.8 Å². The minimum absolute atomic E-state index is 0.264. The standard InChI is InChI=1S/C21H18BrClFNO2/c1-26-21-10-15(12-25-17-7-8-18(22)19(23)11-17)4-9-20(21)27-13-14-2-5-16(24)6-3-14/h2-11,25H,12-13H2,1H3. The number of anilines is 1. The zero-order valence-electron chi connectivity index (χ0n) is 14.6. The summed E-state index contributed by atoms with van der Waals surface area (Å²) in [6, 6.07) is 17.7. The first-order chi connectivity index (χ1) is 13.0. The van der Waals surface area contributed by atoms with E-state index in [2.05, 4.69) is 21.2 Å². The Labute approximate surface area is 171 Å². The van der Waals surface area contributed by atoms with Gasteiger partial charge in [0.2, 0.25) is 0 Å². The predicted molar refractivity (Wildman–Crippen MR) is 110 cm³/mol. The van der Waals surface area contributed by atoms with Gasteiger partial charge >= 0.3 is 0 Å². The minimum Gasteiger partial charge on any atom is -0.493 e. The van der Waals surface area contributed by atoms with Crippen LogP contribution < -0.4 is 14.8 Å². The number of methoxy groups -OCH3 is 1. The van der Waals surface area contributed by atoms with Gasteiger partial charge in [0.1, 0.15) is 12.4 Å². The van der Waals surface area contributed by atoms with Crippen molar-refractivity contribution in [3.8, 4) is 11.5 Å². The molecule has 27 heavy (non-hydrogen) atoms. The number of halogens is 3. The summed E-state index contributed by atoms with van der Waals surface area (Å²) in [5.74, 6) is 1.02. The maximum Gasteiger partial charge on any atom is 0.161 e. The van der Waals surface area contributed by atoms with Crippen LogP contribution in [0.3, 0.4) is 0 Å². The third kappa shape index (κ3) is 5.37. The van der Waals surface area contributed by atoms with Gasteiger partial charge in [-0.3, -0.25) is 0 Å². The maximum absolute atomic E-state index is 13.0. The first-order valence-corrected chi connectivity index (χ1v) is 9.45. The largest absolute Gasteiger partial charge is 0.493 e. The molecule has 0 aliphatic carbocycles. The molecule has 0 fully saturated rings. The summed E-state index contributed by atoms with van der Waals surface area (Å²) >= 11 is 9.49. The molecule has 0 saturated heterocycles. The van der Waals surface area contributed by atoms with Crippen molar-refractivity contribution in [2.75, 3.05) is 12.4 Å². The Morgan fingerprint density at radius 1 is 0.963 bits per heavy atom. The summed E-state index contributed by atoms with van der Waals surface area (Å²) in [5.41, 5.74) is 2.86. The Bertz CT molecular complexity index is 919. The average Bonchev–Trinajstić information content (AvgIpc) is 2.68. The van der Waals surface area contributed by atoms with Crippen LogP contribution in [-0.2, 0) is 13.2 Å². The van der Waals surface area contributed by atoms with Gasteiger partial charge in [-0.2, -0.15) is 0 Å². The highest BCUT2D eigenvalue weighted by atomic mass is 79.9. The topological polar surface area (TPSA) is 30.5 Å². The minimum atomic E-state index is -0.264. The molecule has 3 aromatic rings. The Balaban J connectivity index is 1.64. The van der Waals surface area contributed by atoms with Crippen molar-refractivity contribution in [1.82, 2.24) is 0 Å². The van der Waals surface area contributed by atoms with Crippen LogP contribution >= 0.6 is 27.5 Å². The van der Waals surface area contributed by atoms with Crippen molar-refractivity contribution in [3.05, 3.63) is 87.1 Å². The van der Waals surface area contributed by atoms with E-state index < -0.39 is 0 Å². The highest BCUT2D eigenvalue weighted by Crippen LogP contribution is 2.30. The molecule has 0 spiro atoms. The van der Waals surface area contributed by atoms with E-state index in [-0.39, 0.29) is 5.82 Å². The molecule has 3 rings (SSSR count). The van der Waals surface area contributed by atoms with E-state index in [9.17, 15) is 4.39 Å². The van der Waals surface area contributed by atoms with E-state index >= 15 is 0 Å². The maximum atomic E-state index is 13.0. The molecule has 0 saturated carbocycles. The summed E-state index contributed by atoms with van der Waals surface area (Å²) in [7, 11) is 1.60. The molecule has 0 unspecified atom stereocenters. The molecule has 0 aliphatic heterocycles. The zero-order chi connectivity index (χ0) is 19.2. The Morgan fingerprint density at radius 2 is 1.70 bits per heavy atom. The number of rotatable bonds is 7. The number of benzene rings is 3. The number of hydrogen-bond donors (Lipinski definition) is 1. The van der Waals surface area contributed by atoms with Crippen molar-refractivity contribution in [2.24, 2.45) is 0 Å². The molecule has 0 heterocycles. The molecule has 140 valence electrons. The Kier molecular flexibility index (Phi) is 6.58. The van der Waals surface area contributed by atoms with Gasteiger partial charge in [0.25, 0.3) is 0 Å². The summed E-state index contributed by atoms with van der Waals surface area (Å²) in [6.07, 6.45) is 0. The van der Waals surface area contributed by atoms with Crippen LogP contribution in [0.5, 0.6) is 11.5 Å². The van der Waals surface area contributed by atoms with Crippen LogP contribution in [0.15, 0.2) is 65.1 Å². The van der Waals surface area contributed by atoms with E-state index in [1.165, 1.54) is 12.1 Å². The van der Waals surface area contributed by atoms with Gasteiger partial charge in [0, 0.05) is 16.7 Å². The van der Waals surface area contributed by atoms with E-state index in [0.717, 1.165) is 21.3 Å². The summed E-state index contributed by atoms with van der Waals surface area (Å²) < 4.78 is 25.1. The van der Waals surface area contributed by atoms with E-state index in [4.69, 9.17) is 21.1 Å². The smallest absolute Gasteiger partial charge is 0.161 e. The summed E-state index contributed by atoms with van der Waals surface area (Å²) in [5, 5.41) is 3.98. The Hall–Kier alpha value is -2.24. The molecule has 3 aromatic carbocycles. The van der Waals surface area contributed by atoms with E-state index in [1.807, 2.05) is 36.4 Å². The fourth-order valence-electron chi connectivity index (χ4n) is 2.49. The van der Waals surface area contributed by atoms with Gasteiger partial charge in [-0.15, -0.1) is 0 Å². The molecule has 1 N–H and O–H groups in total. The molecule has 6 heteroatoms. The first kappa shape index (κ1) is 19.5. The monoisotopic (exact) mass is 449 g/mol. The highest BCUT2D eigenvalue weighted by molar-refractivity contribution is 9.10. The normalized spacial score (nSPS) is 10.5. The third-order valence-corrected chi connectivity index (χ3v) is 5.18. The molecule has 0 atom stereocenters. The molecule has 0 amide bonds.